The zero-order valence-corrected chi connectivity index (χ0v) is 19.0. The van der Waals surface area contributed by atoms with Crippen molar-refractivity contribution < 1.29 is 18.0 Å². The van der Waals surface area contributed by atoms with E-state index in [-0.39, 0.29) is 16.6 Å². The van der Waals surface area contributed by atoms with E-state index in [4.69, 9.17) is 21.1 Å². The van der Waals surface area contributed by atoms with Crippen molar-refractivity contribution in [3.05, 3.63) is 83.9 Å². The maximum atomic E-state index is 13.1. The molecule has 0 saturated heterocycles. The molecular formula is C24H23N5O4S. The number of carbonyl (C=O) groups excluding carboxylic acids is 1. The number of anilines is 1. The van der Waals surface area contributed by atoms with E-state index < -0.39 is 22.0 Å². The number of sulfonamides is 1. The molecular weight excluding hydrogens is 454 g/mol. The second kappa shape index (κ2) is 9.08. The molecule has 34 heavy (non-hydrogen) atoms. The van der Waals surface area contributed by atoms with E-state index in [2.05, 4.69) is 10.5 Å². The molecule has 0 saturated carbocycles. The fraction of sp³-hybridized carbons (Fsp3) is 0.125. The lowest BCUT2D eigenvalue weighted by Crippen LogP contribution is -2.34. The third-order valence-electron chi connectivity index (χ3n) is 5.49. The van der Waals surface area contributed by atoms with Crippen LogP contribution in [-0.4, -0.2) is 32.0 Å². The highest BCUT2D eigenvalue weighted by Crippen LogP contribution is 2.29. The van der Waals surface area contributed by atoms with Gasteiger partial charge in [-0.15, -0.1) is 0 Å². The largest absolute Gasteiger partial charge is 0.391 e. The van der Waals surface area contributed by atoms with Gasteiger partial charge in [-0.3, -0.25) is 10.2 Å². The van der Waals surface area contributed by atoms with Crippen molar-refractivity contribution in [2.45, 2.75) is 17.9 Å². The monoisotopic (exact) mass is 477 g/mol. The number of nitrogens with two attached hydrogens (primary N) is 2. The number of hydrogen-bond acceptors (Lipinski definition) is 6. The van der Waals surface area contributed by atoms with Crippen molar-refractivity contribution in [2.24, 2.45) is 21.9 Å². The highest BCUT2D eigenvalue weighted by atomic mass is 32.2. The van der Waals surface area contributed by atoms with E-state index in [0.717, 1.165) is 0 Å². The van der Waals surface area contributed by atoms with Gasteiger partial charge in [0.15, 0.2) is 0 Å². The number of nitrogens with one attached hydrogen (secondary N) is 2. The second-order valence-electron chi connectivity index (χ2n) is 7.87. The van der Waals surface area contributed by atoms with E-state index >= 15 is 0 Å². The van der Waals surface area contributed by atoms with Crippen LogP contribution in [0.5, 0.6) is 0 Å². The Hall–Kier alpha value is -4.02. The van der Waals surface area contributed by atoms with E-state index in [1.54, 1.807) is 73.7 Å². The predicted octanol–water partition coefficient (Wildman–Crippen LogP) is 2.66. The molecule has 0 spiro atoms. The molecule has 4 rings (SSSR count). The van der Waals surface area contributed by atoms with Gasteiger partial charge < -0.3 is 15.9 Å². The Morgan fingerprint density at radius 1 is 1.03 bits per heavy atom. The normalized spacial score (nSPS) is 17.5. The fourth-order valence-corrected chi connectivity index (χ4v) is 4.56. The van der Waals surface area contributed by atoms with Gasteiger partial charge in [-0.1, -0.05) is 53.7 Å². The highest BCUT2D eigenvalue weighted by molar-refractivity contribution is 7.89. The quantitative estimate of drug-likeness (QED) is 0.317. The number of amidine groups is 1. The summed E-state index contributed by atoms with van der Waals surface area (Å²) in [7, 11) is -3.89. The average molecular weight is 478 g/mol. The smallest absolute Gasteiger partial charge is 0.238 e. The summed E-state index contributed by atoms with van der Waals surface area (Å²) in [5.41, 5.74) is 8.84. The summed E-state index contributed by atoms with van der Waals surface area (Å²) in [6.45, 7) is 1.75. The van der Waals surface area contributed by atoms with E-state index in [1.165, 1.54) is 6.07 Å². The summed E-state index contributed by atoms with van der Waals surface area (Å²) in [5.74, 6) is -1.07. The van der Waals surface area contributed by atoms with Crippen LogP contribution in [0.4, 0.5) is 5.69 Å². The molecule has 2 atom stereocenters. The topological polar surface area (TPSA) is 161 Å². The summed E-state index contributed by atoms with van der Waals surface area (Å²) in [6, 6.07) is 20.1. The minimum atomic E-state index is -3.89. The van der Waals surface area contributed by atoms with Crippen molar-refractivity contribution in [2.75, 3.05) is 5.32 Å². The number of primary sulfonamides is 1. The third kappa shape index (κ3) is 4.68. The van der Waals surface area contributed by atoms with Crippen LogP contribution in [0.15, 0.2) is 82.8 Å². The maximum Gasteiger partial charge on any atom is 0.238 e. The molecule has 0 aliphatic carbocycles. The lowest BCUT2D eigenvalue weighted by Gasteiger charge is -2.16. The summed E-state index contributed by atoms with van der Waals surface area (Å²) in [4.78, 5) is 18.5. The number of oxime groups is 1. The molecule has 0 aromatic heterocycles. The Kier molecular flexibility index (Phi) is 6.18. The molecule has 9 nitrogen and oxygen atoms in total. The standard InChI is InChI=1S/C24H23N5O4S/c1-14-21(22(29-33-14)16-5-4-6-17(13-16)23(25)26)24(30)28-18-11-9-15(10-12-18)19-7-2-3-8-20(19)34(27,31)32/h2-14,21H,1H3,(H3,25,26)(H,28,30)(H2,27,31,32). The van der Waals surface area contributed by atoms with Gasteiger partial charge in [-0.05, 0) is 36.8 Å². The van der Waals surface area contributed by atoms with Gasteiger partial charge in [0.1, 0.15) is 23.6 Å². The maximum absolute atomic E-state index is 13.1. The van der Waals surface area contributed by atoms with Crippen molar-refractivity contribution in [3.8, 4) is 11.1 Å². The molecule has 3 aromatic rings. The highest BCUT2D eigenvalue weighted by Gasteiger charge is 2.38. The minimum absolute atomic E-state index is 0.0253. The Balaban J connectivity index is 1.56. The van der Waals surface area contributed by atoms with Gasteiger partial charge in [0.05, 0.1) is 4.90 Å². The van der Waals surface area contributed by atoms with E-state index in [1.807, 2.05) is 0 Å². The third-order valence-corrected chi connectivity index (χ3v) is 6.46. The van der Waals surface area contributed by atoms with Crippen LogP contribution < -0.4 is 16.2 Å². The molecule has 0 fully saturated rings. The van der Waals surface area contributed by atoms with Gasteiger partial charge >= 0.3 is 0 Å². The van der Waals surface area contributed by atoms with Crippen molar-refractivity contribution >= 4 is 33.2 Å². The summed E-state index contributed by atoms with van der Waals surface area (Å²) < 4.78 is 23.8. The number of benzene rings is 3. The first kappa shape index (κ1) is 23.1. The Morgan fingerprint density at radius 2 is 1.74 bits per heavy atom. The van der Waals surface area contributed by atoms with Crippen LogP contribution in [0.1, 0.15) is 18.1 Å². The molecule has 174 valence electrons. The molecule has 6 N–H and O–H groups in total. The number of hydrogen-bond donors (Lipinski definition) is 4. The number of nitrogen functional groups attached to an aromatic ring is 1. The van der Waals surface area contributed by atoms with Gasteiger partial charge in [-0.2, -0.15) is 0 Å². The molecule has 0 bridgehead atoms. The first-order valence-corrected chi connectivity index (χ1v) is 11.9. The van der Waals surface area contributed by atoms with E-state index in [0.29, 0.717) is 33.7 Å². The molecule has 1 aliphatic rings. The zero-order chi connectivity index (χ0) is 24.5. The van der Waals surface area contributed by atoms with Gasteiger partial charge in [-0.25, -0.2) is 13.6 Å². The van der Waals surface area contributed by atoms with Gasteiger partial charge in [0.25, 0.3) is 0 Å². The lowest BCUT2D eigenvalue weighted by atomic mass is 9.91. The second-order valence-corrected chi connectivity index (χ2v) is 9.40. The van der Waals surface area contributed by atoms with E-state index in [9.17, 15) is 13.2 Å². The molecule has 1 heterocycles. The Morgan fingerprint density at radius 3 is 2.41 bits per heavy atom. The van der Waals surface area contributed by atoms with Gasteiger partial charge in [0, 0.05) is 22.4 Å². The Labute approximate surface area is 197 Å². The van der Waals surface area contributed by atoms with Crippen LogP contribution in [0.2, 0.25) is 0 Å². The first-order chi connectivity index (χ1) is 16.1. The number of nitrogens with zero attached hydrogens (tertiary/aromatic N) is 1. The number of carbonyl (C=O) groups is 1. The summed E-state index contributed by atoms with van der Waals surface area (Å²) in [5, 5.41) is 19.9. The van der Waals surface area contributed by atoms with Crippen molar-refractivity contribution in [1.29, 1.82) is 5.41 Å². The number of rotatable bonds is 6. The predicted molar refractivity (Wildman–Crippen MR) is 130 cm³/mol. The molecule has 2 unspecified atom stereocenters. The first-order valence-electron chi connectivity index (χ1n) is 10.4. The van der Waals surface area contributed by atoms with Gasteiger partial charge in [0.2, 0.25) is 15.9 Å². The number of amides is 1. The van der Waals surface area contributed by atoms with Crippen LogP contribution in [0.25, 0.3) is 11.1 Å². The van der Waals surface area contributed by atoms with Crippen LogP contribution in [-0.2, 0) is 19.7 Å². The Bertz CT molecular complexity index is 1400. The fourth-order valence-electron chi connectivity index (χ4n) is 3.80. The van der Waals surface area contributed by atoms with Crippen molar-refractivity contribution in [1.82, 2.24) is 0 Å². The molecule has 1 amide bonds. The summed E-state index contributed by atoms with van der Waals surface area (Å²) >= 11 is 0. The van der Waals surface area contributed by atoms with Crippen molar-refractivity contribution in [3.63, 3.8) is 0 Å². The molecule has 10 heteroatoms. The zero-order valence-electron chi connectivity index (χ0n) is 18.2. The van der Waals surface area contributed by atoms with Crippen LogP contribution >= 0.6 is 0 Å². The SMILES string of the molecule is CC1ON=C(c2cccc(C(=N)N)c2)C1C(=O)Nc1ccc(-c2ccccc2S(N)(=O)=O)cc1. The lowest BCUT2D eigenvalue weighted by molar-refractivity contribution is -0.120. The summed E-state index contributed by atoms with van der Waals surface area (Å²) in [6.07, 6.45) is -0.489. The molecule has 3 aromatic carbocycles. The van der Waals surface area contributed by atoms with Crippen LogP contribution in [0.3, 0.4) is 0 Å². The molecule has 1 aliphatic heterocycles. The minimum Gasteiger partial charge on any atom is -0.391 e. The average Bonchev–Trinajstić information content (AvgIpc) is 3.20. The van der Waals surface area contributed by atoms with Crippen LogP contribution in [0, 0.1) is 11.3 Å². The molecule has 0 radical (unpaired) electrons.